The quantitative estimate of drug-likeness (QED) is 0.528. The molecule has 0 aliphatic carbocycles. The Balaban J connectivity index is 1.99. The maximum atomic E-state index is 12.7. The van der Waals surface area contributed by atoms with Gasteiger partial charge in [-0.15, -0.1) is 11.3 Å². The third kappa shape index (κ3) is 4.89. The molecule has 7 heteroatoms. The molecule has 0 aliphatic heterocycles. The number of hydrogen-bond donors (Lipinski definition) is 1. The molecular formula is C22H26ClN3O2S. The summed E-state index contributed by atoms with van der Waals surface area (Å²) in [5, 5.41) is 6.54. The average Bonchev–Trinajstić information content (AvgIpc) is 3.30. The van der Waals surface area contributed by atoms with E-state index in [-0.39, 0.29) is 5.91 Å². The van der Waals surface area contributed by atoms with Crippen molar-refractivity contribution in [1.82, 2.24) is 14.9 Å². The lowest BCUT2D eigenvalue weighted by atomic mass is 10.2. The predicted molar refractivity (Wildman–Crippen MR) is 120 cm³/mol. The average molecular weight is 432 g/mol. The minimum absolute atomic E-state index is 0.0600. The van der Waals surface area contributed by atoms with E-state index in [1.165, 1.54) is 0 Å². The van der Waals surface area contributed by atoms with Crippen LogP contribution in [0.1, 0.15) is 29.9 Å². The predicted octanol–water partition coefficient (Wildman–Crippen LogP) is 5.27. The molecule has 0 saturated heterocycles. The number of halogens is 1. The van der Waals surface area contributed by atoms with Crippen molar-refractivity contribution in [3.63, 3.8) is 0 Å². The van der Waals surface area contributed by atoms with Gasteiger partial charge in [0.1, 0.15) is 5.01 Å². The molecular weight excluding hydrogens is 406 g/mol. The molecule has 0 bridgehead atoms. The van der Waals surface area contributed by atoms with Crippen LogP contribution in [-0.2, 0) is 11.3 Å². The number of nitrogens with one attached hydrogen (secondary N) is 1. The lowest BCUT2D eigenvalue weighted by molar-refractivity contribution is 0.0948. The van der Waals surface area contributed by atoms with Gasteiger partial charge in [0.05, 0.1) is 28.6 Å². The van der Waals surface area contributed by atoms with Crippen LogP contribution in [0.25, 0.3) is 22.0 Å². The van der Waals surface area contributed by atoms with E-state index in [2.05, 4.69) is 23.7 Å². The summed E-state index contributed by atoms with van der Waals surface area (Å²) in [6.45, 7) is 7.96. The Morgan fingerprint density at radius 1 is 1.34 bits per heavy atom. The molecule has 0 saturated carbocycles. The second kappa shape index (κ2) is 9.57. The van der Waals surface area contributed by atoms with Crippen molar-refractivity contribution in [3.8, 4) is 22.0 Å². The number of nitrogens with zero attached hydrogens (tertiary/aromatic N) is 2. The smallest absolute Gasteiger partial charge is 0.253 e. The number of hydrogen-bond acceptors (Lipinski definition) is 4. The van der Waals surface area contributed by atoms with E-state index in [0.717, 1.165) is 27.7 Å². The number of thiazole rings is 1. The number of carbonyl (C=O) groups excluding carboxylic acids is 1. The summed E-state index contributed by atoms with van der Waals surface area (Å²) in [5.41, 5.74) is 4.22. The molecule has 0 radical (unpaired) electrons. The van der Waals surface area contributed by atoms with Gasteiger partial charge in [-0.3, -0.25) is 4.79 Å². The van der Waals surface area contributed by atoms with Crippen molar-refractivity contribution in [2.24, 2.45) is 5.92 Å². The molecule has 5 nitrogen and oxygen atoms in total. The maximum absolute atomic E-state index is 12.7. The van der Waals surface area contributed by atoms with Gasteiger partial charge in [0.15, 0.2) is 0 Å². The number of rotatable bonds is 8. The fraction of sp³-hybridized carbons (Fsp3) is 0.364. The summed E-state index contributed by atoms with van der Waals surface area (Å²) in [7, 11) is 1.67. The van der Waals surface area contributed by atoms with Gasteiger partial charge in [0, 0.05) is 36.8 Å². The van der Waals surface area contributed by atoms with Crippen molar-refractivity contribution in [2.45, 2.75) is 27.3 Å². The number of methoxy groups -OCH3 is 1. The number of amides is 1. The highest BCUT2D eigenvalue weighted by atomic mass is 35.5. The monoisotopic (exact) mass is 431 g/mol. The summed E-state index contributed by atoms with van der Waals surface area (Å²) < 4.78 is 7.37. The van der Waals surface area contributed by atoms with Crippen molar-refractivity contribution in [3.05, 3.63) is 52.0 Å². The summed E-state index contributed by atoms with van der Waals surface area (Å²) in [6, 6.07) is 9.60. The van der Waals surface area contributed by atoms with Gasteiger partial charge >= 0.3 is 0 Å². The number of ether oxygens (including phenoxy) is 1. The molecule has 1 N–H and O–H groups in total. The zero-order valence-corrected chi connectivity index (χ0v) is 18.7. The Hall–Kier alpha value is -2.15. The van der Waals surface area contributed by atoms with Crippen LogP contribution >= 0.6 is 22.9 Å². The summed E-state index contributed by atoms with van der Waals surface area (Å²) >= 11 is 7.88. The molecule has 1 aromatic carbocycles. The summed E-state index contributed by atoms with van der Waals surface area (Å²) in [6.07, 6.45) is 0. The number of aromatic nitrogens is 2. The van der Waals surface area contributed by atoms with Crippen LogP contribution in [0.5, 0.6) is 0 Å². The van der Waals surface area contributed by atoms with E-state index in [4.69, 9.17) is 21.3 Å². The minimum Gasteiger partial charge on any atom is -0.383 e. The minimum atomic E-state index is -0.0600. The molecule has 1 amide bonds. The van der Waals surface area contributed by atoms with E-state index in [1.54, 1.807) is 18.4 Å². The molecule has 0 spiro atoms. The standard InChI is InChI=1S/C22H26ClN3O2S/c1-14(2)12-24-21(27)17-11-20(26(15(17)3)9-10-28-4)19-13-29-22(25-19)16-7-5-6-8-18(16)23/h5-8,11,13-14H,9-10,12H2,1-4H3,(H,24,27). The van der Waals surface area contributed by atoms with Crippen molar-refractivity contribution in [1.29, 1.82) is 0 Å². The Morgan fingerprint density at radius 2 is 2.10 bits per heavy atom. The number of benzene rings is 1. The van der Waals surface area contributed by atoms with Gasteiger partial charge in [-0.1, -0.05) is 43.6 Å². The fourth-order valence-corrected chi connectivity index (χ4v) is 4.23. The lowest BCUT2D eigenvalue weighted by Gasteiger charge is -2.11. The molecule has 3 rings (SSSR count). The Bertz CT molecular complexity index is 994. The topological polar surface area (TPSA) is 56.2 Å². The van der Waals surface area contributed by atoms with Gasteiger partial charge in [-0.05, 0) is 25.0 Å². The molecule has 29 heavy (non-hydrogen) atoms. The number of carbonyl (C=O) groups is 1. The van der Waals surface area contributed by atoms with Crippen LogP contribution in [0.2, 0.25) is 5.02 Å². The Morgan fingerprint density at radius 3 is 2.79 bits per heavy atom. The van der Waals surface area contributed by atoms with Crippen LogP contribution < -0.4 is 5.32 Å². The van der Waals surface area contributed by atoms with E-state index in [0.29, 0.717) is 36.2 Å². The van der Waals surface area contributed by atoms with Crippen LogP contribution in [0.15, 0.2) is 35.7 Å². The highest BCUT2D eigenvalue weighted by Crippen LogP contribution is 2.34. The van der Waals surface area contributed by atoms with Gasteiger partial charge in [-0.2, -0.15) is 0 Å². The van der Waals surface area contributed by atoms with Crippen LogP contribution in [-0.4, -0.2) is 35.7 Å². The highest BCUT2D eigenvalue weighted by Gasteiger charge is 2.20. The third-order valence-electron chi connectivity index (χ3n) is 4.67. The van der Waals surface area contributed by atoms with E-state index in [1.807, 2.05) is 42.6 Å². The zero-order chi connectivity index (χ0) is 21.0. The van der Waals surface area contributed by atoms with Gasteiger partial charge in [0.25, 0.3) is 5.91 Å². The highest BCUT2D eigenvalue weighted by molar-refractivity contribution is 7.13. The normalized spacial score (nSPS) is 11.2. The molecule has 2 heterocycles. The van der Waals surface area contributed by atoms with Gasteiger partial charge < -0.3 is 14.6 Å². The van der Waals surface area contributed by atoms with E-state index >= 15 is 0 Å². The van der Waals surface area contributed by atoms with E-state index in [9.17, 15) is 4.79 Å². The SMILES string of the molecule is COCCn1c(-c2csc(-c3ccccc3Cl)n2)cc(C(=O)NCC(C)C)c1C. The Kier molecular flexibility index (Phi) is 7.11. The lowest BCUT2D eigenvalue weighted by Crippen LogP contribution is -2.27. The first-order chi connectivity index (χ1) is 13.9. The van der Waals surface area contributed by atoms with Crippen molar-refractivity contribution in [2.75, 3.05) is 20.3 Å². The van der Waals surface area contributed by atoms with Crippen molar-refractivity contribution >= 4 is 28.8 Å². The molecule has 2 aromatic heterocycles. The maximum Gasteiger partial charge on any atom is 0.253 e. The first-order valence-electron chi connectivity index (χ1n) is 9.60. The van der Waals surface area contributed by atoms with Crippen molar-refractivity contribution < 1.29 is 9.53 Å². The zero-order valence-electron chi connectivity index (χ0n) is 17.2. The Labute approximate surface area is 180 Å². The largest absolute Gasteiger partial charge is 0.383 e. The summed E-state index contributed by atoms with van der Waals surface area (Å²) in [5.74, 6) is 0.334. The van der Waals surface area contributed by atoms with E-state index < -0.39 is 0 Å². The molecule has 0 atom stereocenters. The molecule has 3 aromatic rings. The van der Waals surface area contributed by atoms with Crippen LogP contribution in [0.4, 0.5) is 0 Å². The molecule has 0 fully saturated rings. The summed E-state index contributed by atoms with van der Waals surface area (Å²) in [4.78, 5) is 17.5. The second-order valence-electron chi connectivity index (χ2n) is 7.29. The first kappa shape index (κ1) is 21.6. The first-order valence-corrected chi connectivity index (χ1v) is 10.9. The molecule has 0 aliphatic rings. The molecule has 0 unspecified atom stereocenters. The van der Waals surface area contributed by atoms with Crippen LogP contribution in [0.3, 0.4) is 0 Å². The van der Waals surface area contributed by atoms with Gasteiger partial charge in [-0.25, -0.2) is 4.98 Å². The van der Waals surface area contributed by atoms with Crippen LogP contribution in [0, 0.1) is 12.8 Å². The fourth-order valence-electron chi connectivity index (χ4n) is 3.10. The second-order valence-corrected chi connectivity index (χ2v) is 8.56. The van der Waals surface area contributed by atoms with Gasteiger partial charge in [0.2, 0.25) is 0 Å². The third-order valence-corrected chi connectivity index (χ3v) is 5.88. The molecule has 154 valence electrons.